The summed E-state index contributed by atoms with van der Waals surface area (Å²) in [5.74, 6) is -0.556. The molecule has 1 unspecified atom stereocenters. The second-order valence-electron chi connectivity index (χ2n) is 3.70. The van der Waals surface area contributed by atoms with E-state index in [-0.39, 0.29) is 12.4 Å². The number of phenolic OH excluding ortho intramolecular Hbond substituents is 1. The van der Waals surface area contributed by atoms with Crippen LogP contribution in [0.4, 0.5) is 0 Å². The van der Waals surface area contributed by atoms with Crippen LogP contribution in [-0.2, 0) is 4.79 Å². The van der Waals surface area contributed by atoms with Crippen LogP contribution in [0.5, 0.6) is 11.5 Å². The molecule has 0 aliphatic carbocycles. The Morgan fingerprint density at radius 2 is 2.19 bits per heavy atom. The molecule has 2 N–H and O–H groups in total. The Hall–Kier alpha value is -1.71. The largest absolute Gasteiger partial charge is 0.508 e. The van der Waals surface area contributed by atoms with Crippen molar-refractivity contribution in [3.05, 3.63) is 23.8 Å². The van der Waals surface area contributed by atoms with E-state index in [0.717, 1.165) is 5.56 Å². The summed E-state index contributed by atoms with van der Waals surface area (Å²) in [4.78, 5) is 10.8. The van der Waals surface area contributed by atoms with E-state index >= 15 is 0 Å². The van der Waals surface area contributed by atoms with Gasteiger partial charge in [-0.1, -0.05) is 6.92 Å². The summed E-state index contributed by atoms with van der Waals surface area (Å²) in [5.41, 5.74) is 0.792. The Balaban J connectivity index is 2.63. The number of rotatable bonds is 5. The van der Waals surface area contributed by atoms with Gasteiger partial charge in [-0.25, -0.2) is 0 Å². The molecule has 0 spiro atoms. The van der Waals surface area contributed by atoms with Gasteiger partial charge in [-0.15, -0.1) is 0 Å². The molecule has 4 heteroatoms. The minimum Gasteiger partial charge on any atom is -0.508 e. The molecule has 0 aromatic heterocycles. The lowest BCUT2D eigenvalue weighted by molar-refractivity contribution is -0.142. The highest BCUT2D eigenvalue weighted by atomic mass is 16.5. The number of aryl methyl sites for hydroxylation is 1. The maximum atomic E-state index is 10.8. The molecule has 0 radical (unpaired) electrons. The number of hydrogen-bond donors (Lipinski definition) is 2. The molecule has 0 bridgehead atoms. The van der Waals surface area contributed by atoms with Crippen molar-refractivity contribution < 1.29 is 19.7 Å². The lowest BCUT2D eigenvalue weighted by atomic mass is 10.1. The van der Waals surface area contributed by atoms with Gasteiger partial charge in [-0.2, -0.15) is 0 Å². The van der Waals surface area contributed by atoms with Gasteiger partial charge >= 0.3 is 5.97 Å². The Bertz CT molecular complexity index is 373. The molecular weight excluding hydrogens is 208 g/mol. The first kappa shape index (κ1) is 12.4. The Morgan fingerprint density at radius 3 is 2.69 bits per heavy atom. The van der Waals surface area contributed by atoms with Crippen LogP contribution < -0.4 is 4.74 Å². The number of phenols is 1. The van der Waals surface area contributed by atoms with Crippen molar-refractivity contribution in [2.45, 2.75) is 20.3 Å². The van der Waals surface area contributed by atoms with Gasteiger partial charge in [0.2, 0.25) is 0 Å². The fourth-order valence-corrected chi connectivity index (χ4v) is 1.35. The highest BCUT2D eigenvalue weighted by molar-refractivity contribution is 5.70. The Kier molecular flexibility index (Phi) is 4.17. The zero-order valence-electron chi connectivity index (χ0n) is 9.43. The molecule has 1 atom stereocenters. The first-order valence-electron chi connectivity index (χ1n) is 5.19. The summed E-state index contributed by atoms with van der Waals surface area (Å²) in [6.45, 7) is 3.76. The van der Waals surface area contributed by atoms with Gasteiger partial charge in [-0.05, 0) is 37.1 Å². The lowest BCUT2D eigenvalue weighted by Gasteiger charge is -2.13. The average molecular weight is 224 g/mol. The third kappa shape index (κ3) is 3.15. The molecule has 4 nitrogen and oxygen atoms in total. The van der Waals surface area contributed by atoms with Crippen LogP contribution in [0.15, 0.2) is 18.2 Å². The molecule has 1 aromatic carbocycles. The molecule has 0 saturated heterocycles. The molecule has 0 aliphatic rings. The zero-order chi connectivity index (χ0) is 12.1. The van der Waals surface area contributed by atoms with E-state index in [1.54, 1.807) is 19.1 Å². The molecule has 1 rings (SSSR count). The molecule has 0 saturated carbocycles. The molecule has 0 aliphatic heterocycles. The summed E-state index contributed by atoms with van der Waals surface area (Å²) in [6, 6.07) is 4.74. The SMILES string of the molecule is CCC(COc1ccc(O)cc1C)C(=O)O. The van der Waals surface area contributed by atoms with Crippen LogP contribution in [0.1, 0.15) is 18.9 Å². The number of carboxylic acids is 1. The minimum atomic E-state index is -0.848. The van der Waals surface area contributed by atoms with Crippen molar-refractivity contribution in [3.63, 3.8) is 0 Å². The number of aliphatic carboxylic acids is 1. The predicted molar refractivity (Wildman–Crippen MR) is 59.8 cm³/mol. The van der Waals surface area contributed by atoms with E-state index in [1.807, 2.05) is 6.92 Å². The topological polar surface area (TPSA) is 66.8 Å². The number of carboxylic acid groups (broad SMARTS) is 1. The summed E-state index contributed by atoms with van der Waals surface area (Å²) < 4.78 is 5.41. The van der Waals surface area contributed by atoms with Crippen LogP contribution in [0, 0.1) is 12.8 Å². The molecular formula is C12H16O4. The number of hydrogen-bond acceptors (Lipinski definition) is 3. The van der Waals surface area contributed by atoms with Gasteiger partial charge in [0.05, 0.1) is 5.92 Å². The third-order valence-electron chi connectivity index (χ3n) is 2.44. The molecule has 16 heavy (non-hydrogen) atoms. The fraction of sp³-hybridized carbons (Fsp3) is 0.417. The quantitative estimate of drug-likeness (QED) is 0.804. The van der Waals surface area contributed by atoms with Crippen molar-refractivity contribution >= 4 is 5.97 Å². The highest BCUT2D eigenvalue weighted by Gasteiger charge is 2.16. The molecule has 0 heterocycles. The van der Waals surface area contributed by atoms with Gasteiger partial charge in [0.25, 0.3) is 0 Å². The van der Waals surface area contributed by atoms with Gasteiger partial charge in [0.1, 0.15) is 18.1 Å². The second-order valence-corrected chi connectivity index (χ2v) is 3.70. The van der Waals surface area contributed by atoms with E-state index in [2.05, 4.69) is 0 Å². The fourth-order valence-electron chi connectivity index (χ4n) is 1.35. The number of ether oxygens (including phenoxy) is 1. The van der Waals surface area contributed by atoms with Gasteiger partial charge < -0.3 is 14.9 Å². The summed E-state index contributed by atoms with van der Waals surface area (Å²) >= 11 is 0. The summed E-state index contributed by atoms with van der Waals surface area (Å²) in [5, 5.41) is 18.0. The molecule has 88 valence electrons. The second kappa shape index (κ2) is 5.39. The van der Waals surface area contributed by atoms with Crippen molar-refractivity contribution in [1.82, 2.24) is 0 Å². The molecule has 1 aromatic rings. The molecule has 0 fully saturated rings. The van der Waals surface area contributed by atoms with Crippen LogP contribution in [0.3, 0.4) is 0 Å². The standard InChI is InChI=1S/C12H16O4/c1-3-9(12(14)15)7-16-11-5-4-10(13)6-8(11)2/h4-6,9,13H,3,7H2,1-2H3,(H,14,15). The summed E-state index contributed by atoms with van der Waals surface area (Å²) in [7, 11) is 0. The predicted octanol–water partition coefficient (Wildman–Crippen LogP) is 2.19. The van der Waals surface area contributed by atoms with Crippen molar-refractivity contribution in [1.29, 1.82) is 0 Å². The van der Waals surface area contributed by atoms with Crippen LogP contribution >= 0.6 is 0 Å². The van der Waals surface area contributed by atoms with Crippen molar-refractivity contribution in [3.8, 4) is 11.5 Å². The number of aromatic hydroxyl groups is 1. The first-order chi connectivity index (χ1) is 7.54. The smallest absolute Gasteiger partial charge is 0.309 e. The third-order valence-corrected chi connectivity index (χ3v) is 2.44. The zero-order valence-corrected chi connectivity index (χ0v) is 9.43. The molecule has 0 amide bonds. The van der Waals surface area contributed by atoms with Gasteiger partial charge in [-0.3, -0.25) is 4.79 Å². The normalized spacial score (nSPS) is 12.1. The van der Waals surface area contributed by atoms with E-state index in [9.17, 15) is 9.90 Å². The number of benzene rings is 1. The lowest BCUT2D eigenvalue weighted by Crippen LogP contribution is -2.20. The monoisotopic (exact) mass is 224 g/mol. The van der Waals surface area contributed by atoms with Gasteiger partial charge in [0, 0.05) is 0 Å². The van der Waals surface area contributed by atoms with E-state index in [1.165, 1.54) is 6.07 Å². The Morgan fingerprint density at radius 1 is 1.50 bits per heavy atom. The van der Waals surface area contributed by atoms with Crippen LogP contribution in [-0.4, -0.2) is 22.8 Å². The van der Waals surface area contributed by atoms with Gasteiger partial charge in [0.15, 0.2) is 0 Å². The maximum absolute atomic E-state index is 10.8. The van der Waals surface area contributed by atoms with E-state index < -0.39 is 11.9 Å². The minimum absolute atomic E-state index is 0.150. The highest BCUT2D eigenvalue weighted by Crippen LogP contribution is 2.23. The Labute approximate surface area is 94.5 Å². The van der Waals surface area contributed by atoms with Crippen molar-refractivity contribution in [2.75, 3.05) is 6.61 Å². The van der Waals surface area contributed by atoms with Crippen molar-refractivity contribution in [2.24, 2.45) is 5.92 Å². The average Bonchev–Trinajstić information content (AvgIpc) is 2.21. The maximum Gasteiger partial charge on any atom is 0.309 e. The first-order valence-corrected chi connectivity index (χ1v) is 5.19. The number of carbonyl (C=O) groups is 1. The van der Waals surface area contributed by atoms with E-state index in [0.29, 0.717) is 12.2 Å². The van der Waals surface area contributed by atoms with E-state index in [4.69, 9.17) is 9.84 Å². The summed E-state index contributed by atoms with van der Waals surface area (Å²) in [6.07, 6.45) is 0.534. The van der Waals surface area contributed by atoms with Crippen LogP contribution in [0.2, 0.25) is 0 Å². The van der Waals surface area contributed by atoms with Crippen LogP contribution in [0.25, 0.3) is 0 Å².